The van der Waals surface area contributed by atoms with E-state index in [1.165, 1.54) is 13.8 Å². The van der Waals surface area contributed by atoms with Crippen LogP contribution in [0.2, 0.25) is 5.02 Å². The van der Waals surface area contributed by atoms with Gasteiger partial charge in [0, 0.05) is 5.02 Å². The van der Waals surface area contributed by atoms with Gasteiger partial charge in [-0.25, -0.2) is 0 Å². The minimum atomic E-state index is -4.92. The predicted molar refractivity (Wildman–Crippen MR) is 119 cm³/mol. The molecule has 2 aromatic carbocycles. The van der Waals surface area contributed by atoms with Crippen LogP contribution < -0.4 is 16.4 Å². The molecule has 6 nitrogen and oxygen atoms in total. The molecule has 33 heavy (non-hydrogen) atoms. The van der Waals surface area contributed by atoms with Crippen molar-refractivity contribution in [2.45, 2.75) is 50.7 Å². The number of hydrogen-bond donors (Lipinski definition) is 4. The molecule has 0 radical (unpaired) electrons. The second-order valence-corrected chi connectivity index (χ2v) is 8.49. The molecule has 180 valence electrons. The summed E-state index contributed by atoms with van der Waals surface area (Å²) >= 11 is 5.95. The number of hydrogen-bond acceptors (Lipinski definition) is 4. The summed E-state index contributed by atoms with van der Waals surface area (Å²) in [6.45, 7) is 2.88. The van der Waals surface area contributed by atoms with E-state index in [0.29, 0.717) is 16.1 Å². The fourth-order valence-electron chi connectivity index (χ4n) is 3.27. The Balaban J connectivity index is 2.22. The first-order valence-corrected chi connectivity index (χ1v) is 10.7. The van der Waals surface area contributed by atoms with Gasteiger partial charge in [-0.1, -0.05) is 67.9 Å². The number of nitrogens with two attached hydrogens (primary N) is 1. The number of carbonyl (C=O) groups is 2. The molecule has 0 unspecified atom stereocenters. The minimum absolute atomic E-state index is 0.136. The van der Waals surface area contributed by atoms with Crippen molar-refractivity contribution < 1.29 is 27.9 Å². The summed E-state index contributed by atoms with van der Waals surface area (Å²) in [5.41, 5.74) is 7.06. The normalized spacial score (nSPS) is 15.4. The fraction of sp³-hybridized carbons (Fsp3) is 0.391. The van der Waals surface area contributed by atoms with Gasteiger partial charge in [0.2, 0.25) is 11.8 Å². The van der Waals surface area contributed by atoms with Crippen LogP contribution in [0.4, 0.5) is 13.2 Å². The van der Waals surface area contributed by atoms with Crippen LogP contribution in [0.3, 0.4) is 0 Å². The molecule has 0 saturated heterocycles. The predicted octanol–water partition coefficient (Wildman–Crippen LogP) is 3.13. The first kappa shape index (κ1) is 26.6. The molecule has 2 aromatic rings. The number of amides is 2. The topological polar surface area (TPSA) is 104 Å². The second-order valence-electron chi connectivity index (χ2n) is 8.06. The Morgan fingerprint density at radius 2 is 1.67 bits per heavy atom. The summed E-state index contributed by atoms with van der Waals surface area (Å²) in [7, 11) is 0. The lowest BCUT2D eigenvalue weighted by Gasteiger charge is -2.31. The lowest BCUT2D eigenvalue weighted by Crippen LogP contribution is -2.56. The number of rotatable bonds is 9. The molecule has 10 heteroatoms. The molecule has 5 N–H and O–H groups in total. The maximum atomic E-state index is 13.1. The van der Waals surface area contributed by atoms with E-state index in [4.69, 9.17) is 17.3 Å². The molecular formula is C23H27ClF3N3O3. The first-order chi connectivity index (χ1) is 15.4. The monoisotopic (exact) mass is 485 g/mol. The SMILES string of the molecule is CC(C)[C@H](NC(=O)[C@@H](NC(=O)[C@H](N)Cc1cccc(Cl)c1)c1ccccc1)[C@H](O)C(F)(F)F. The molecule has 0 heterocycles. The van der Waals surface area contributed by atoms with Crippen LogP contribution in [0.15, 0.2) is 54.6 Å². The summed E-state index contributed by atoms with van der Waals surface area (Å²) < 4.78 is 39.3. The quantitative estimate of drug-likeness (QED) is 0.438. The summed E-state index contributed by atoms with van der Waals surface area (Å²) in [6, 6.07) is 10.9. The Morgan fingerprint density at radius 3 is 2.21 bits per heavy atom. The number of carbonyl (C=O) groups excluding carboxylic acids is 2. The van der Waals surface area contributed by atoms with E-state index in [2.05, 4.69) is 10.6 Å². The number of aliphatic hydroxyl groups excluding tert-OH is 1. The minimum Gasteiger partial charge on any atom is -0.382 e. The summed E-state index contributed by atoms with van der Waals surface area (Å²) in [6.07, 6.45) is -7.55. The van der Waals surface area contributed by atoms with Gasteiger partial charge in [0.1, 0.15) is 6.04 Å². The molecule has 0 aliphatic carbocycles. The Hall–Kier alpha value is -2.62. The average molecular weight is 486 g/mol. The van der Waals surface area contributed by atoms with Crippen LogP contribution >= 0.6 is 11.6 Å². The summed E-state index contributed by atoms with van der Waals surface area (Å²) in [5.74, 6) is -2.30. The zero-order valence-corrected chi connectivity index (χ0v) is 18.9. The number of nitrogens with one attached hydrogen (secondary N) is 2. The fourth-order valence-corrected chi connectivity index (χ4v) is 3.48. The first-order valence-electron chi connectivity index (χ1n) is 10.3. The van der Waals surface area contributed by atoms with Crippen molar-refractivity contribution >= 4 is 23.4 Å². The Bertz CT molecular complexity index is 941. The molecule has 0 saturated carbocycles. The largest absolute Gasteiger partial charge is 0.416 e. The van der Waals surface area contributed by atoms with Crippen molar-refractivity contribution in [2.24, 2.45) is 11.7 Å². The third-order valence-corrected chi connectivity index (χ3v) is 5.30. The third kappa shape index (κ3) is 7.73. The van der Waals surface area contributed by atoms with Crippen LogP contribution in [0, 0.1) is 5.92 Å². The zero-order valence-electron chi connectivity index (χ0n) is 18.1. The van der Waals surface area contributed by atoms with Crippen LogP contribution in [-0.4, -0.2) is 41.3 Å². The molecule has 0 aliphatic rings. The van der Waals surface area contributed by atoms with Crippen LogP contribution in [-0.2, 0) is 16.0 Å². The van der Waals surface area contributed by atoms with E-state index >= 15 is 0 Å². The van der Waals surface area contributed by atoms with E-state index in [0.717, 1.165) is 0 Å². The highest BCUT2D eigenvalue weighted by molar-refractivity contribution is 6.30. The highest BCUT2D eigenvalue weighted by atomic mass is 35.5. The molecule has 4 atom stereocenters. The highest BCUT2D eigenvalue weighted by Crippen LogP contribution is 2.26. The van der Waals surface area contributed by atoms with Gasteiger partial charge in [-0.15, -0.1) is 0 Å². The molecule has 0 spiro atoms. The molecule has 0 aliphatic heterocycles. The Kier molecular flexibility index (Phi) is 9.27. The smallest absolute Gasteiger partial charge is 0.382 e. The molecular weight excluding hydrogens is 459 g/mol. The Labute approximate surface area is 195 Å². The summed E-state index contributed by atoms with van der Waals surface area (Å²) in [4.78, 5) is 25.7. The van der Waals surface area contributed by atoms with E-state index in [1.807, 2.05) is 0 Å². The van der Waals surface area contributed by atoms with Crippen molar-refractivity contribution in [3.63, 3.8) is 0 Å². The molecule has 2 amide bonds. The molecule has 0 bridgehead atoms. The van der Waals surface area contributed by atoms with Crippen LogP contribution in [0.1, 0.15) is 31.0 Å². The van der Waals surface area contributed by atoms with Crippen LogP contribution in [0.5, 0.6) is 0 Å². The number of alkyl halides is 3. The van der Waals surface area contributed by atoms with Gasteiger partial charge in [-0.3, -0.25) is 9.59 Å². The summed E-state index contributed by atoms with van der Waals surface area (Å²) in [5, 5.41) is 15.0. The van der Waals surface area contributed by atoms with Crippen molar-refractivity contribution in [1.29, 1.82) is 0 Å². The molecule has 2 rings (SSSR count). The lowest BCUT2D eigenvalue weighted by molar-refractivity contribution is -0.215. The van der Waals surface area contributed by atoms with Gasteiger partial charge < -0.3 is 21.5 Å². The van der Waals surface area contributed by atoms with Crippen molar-refractivity contribution in [3.8, 4) is 0 Å². The maximum Gasteiger partial charge on any atom is 0.416 e. The van der Waals surface area contributed by atoms with Gasteiger partial charge in [0.15, 0.2) is 6.10 Å². The lowest BCUT2D eigenvalue weighted by atomic mass is 9.96. The molecule has 0 fully saturated rings. The van der Waals surface area contributed by atoms with Crippen molar-refractivity contribution in [1.82, 2.24) is 10.6 Å². The Morgan fingerprint density at radius 1 is 1.03 bits per heavy atom. The van der Waals surface area contributed by atoms with Gasteiger partial charge in [0.25, 0.3) is 0 Å². The van der Waals surface area contributed by atoms with E-state index in [1.54, 1.807) is 54.6 Å². The van der Waals surface area contributed by atoms with E-state index in [9.17, 15) is 27.9 Å². The average Bonchev–Trinajstić information content (AvgIpc) is 2.74. The number of benzene rings is 2. The van der Waals surface area contributed by atoms with E-state index < -0.39 is 48.1 Å². The molecule has 0 aromatic heterocycles. The second kappa shape index (κ2) is 11.5. The maximum absolute atomic E-state index is 13.1. The van der Waals surface area contributed by atoms with Gasteiger partial charge >= 0.3 is 6.18 Å². The van der Waals surface area contributed by atoms with Gasteiger partial charge in [0.05, 0.1) is 12.1 Å². The van der Waals surface area contributed by atoms with E-state index in [-0.39, 0.29) is 6.42 Å². The zero-order chi connectivity index (χ0) is 24.8. The van der Waals surface area contributed by atoms with Crippen molar-refractivity contribution in [3.05, 3.63) is 70.7 Å². The third-order valence-electron chi connectivity index (χ3n) is 5.07. The van der Waals surface area contributed by atoms with Gasteiger partial charge in [-0.2, -0.15) is 13.2 Å². The number of halogens is 4. The van der Waals surface area contributed by atoms with Crippen LogP contribution in [0.25, 0.3) is 0 Å². The van der Waals surface area contributed by atoms with Gasteiger partial charge in [-0.05, 0) is 35.6 Å². The number of aliphatic hydroxyl groups is 1. The standard InChI is InChI=1S/C23H27ClF3N3O3/c1-13(2)18(20(31)23(25,26)27)29-22(33)19(15-8-4-3-5-9-15)30-21(32)17(28)12-14-7-6-10-16(24)11-14/h3-11,13,17-20,31H,12,28H2,1-2H3,(H,29,33)(H,30,32)/t17-,18+,19+,20+/m1/s1. The highest BCUT2D eigenvalue weighted by Gasteiger charge is 2.45. The van der Waals surface area contributed by atoms with Crippen molar-refractivity contribution in [2.75, 3.05) is 0 Å².